The van der Waals surface area contributed by atoms with E-state index >= 15 is 0 Å². The van der Waals surface area contributed by atoms with Crippen molar-refractivity contribution in [3.63, 3.8) is 0 Å². The Bertz CT molecular complexity index is 735. The van der Waals surface area contributed by atoms with Crippen molar-refractivity contribution in [1.29, 1.82) is 0 Å². The van der Waals surface area contributed by atoms with Gasteiger partial charge in [0.05, 0.1) is 5.02 Å². The highest BCUT2D eigenvalue weighted by Crippen LogP contribution is 2.28. The minimum atomic E-state index is -0.615. The average Bonchev–Trinajstić information content (AvgIpc) is 2.59. The number of nitrogens with one attached hydrogen (secondary N) is 1. The number of halogens is 2. The monoisotopic (exact) mass is 380 g/mol. The van der Waals surface area contributed by atoms with Crippen molar-refractivity contribution in [2.45, 2.75) is 26.0 Å². The summed E-state index contributed by atoms with van der Waals surface area (Å²) in [6.45, 7) is 2.33. The lowest BCUT2D eigenvalue weighted by Crippen LogP contribution is -2.37. The van der Waals surface area contributed by atoms with Crippen molar-refractivity contribution >= 4 is 34.8 Å². The molecule has 0 fully saturated rings. The van der Waals surface area contributed by atoms with Crippen molar-refractivity contribution in [2.75, 3.05) is 19.0 Å². The highest BCUT2D eigenvalue weighted by atomic mass is 35.5. The zero-order chi connectivity index (χ0) is 18.4. The van der Waals surface area contributed by atoms with Gasteiger partial charge in [-0.15, -0.1) is 0 Å². The van der Waals surface area contributed by atoms with Gasteiger partial charge in [0.1, 0.15) is 5.75 Å². The van der Waals surface area contributed by atoms with E-state index in [1.807, 2.05) is 50.2 Å². The summed E-state index contributed by atoms with van der Waals surface area (Å²) in [5, 5.41) is 3.83. The summed E-state index contributed by atoms with van der Waals surface area (Å²) in [4.78, 5) is 14.5. The molecule has 2 aromatic carbocycles. The highest BCUT2D eigenvalue weighted by Gasteiger charge is 2.19. The molecule has 0 saturated heterocycles. The lowest BCUT2D eigenvalue weighted by atomic mass is 10.2. The highest BCUT2D eigenvalue weighted by molar-refractivity contribution is 6.35. The van der Waals surface area contributed by atoms with E-state index in [-0.39, 0.29) is 5.91 Å². The van der Waals surface area contributed by atoms with Gasteiger partial charge in [0.25, 0.3) is 5.91 Å². The molecule has 1 unspecified atom stereocenters. The summed E-state index contributed by atoms with van der Waals surface area (Å²) in [6.07, 6.45) is -0.0848. The number of anilines is 1. The van der Waals surface area contributed by atoms with E-state index in [1.165, 1.54) is 0 Å². The SMILES string of the molecule is CCC(Oc1ccc(Cl)cc1Cl)C(=O)NCc1cccc(N(C)C)c1. The summed E-state index contributed by atoms with van der Waals surface area (Å²) in [6, 6.07) is 12.9. The zero-order valence-corrected chi connectivity index (χ0v) is 16.1. The third kappa shape index (κ3) is 5.55. The Labute approximate surface area is 158 Å². The second-order valence-electron chi connectivity index (χ2n) is 5.87. The Kier molecular flexibility index (Phi) is 6.97. The second kappa shape index (κ2) is 8.97. The number of benzene rings is 2. The van der Waals surface area contributed by atoms with Crippen LogP contribution in [0.4, 0.5) is 5.69 Å². The van der Waals surface area contributed by atoms with Crippen molar-refractivity contribution < 1.29 is 9.53 Å². The molecule has 134 valence electrons. The van der Waals surface area contributed by atoms with Gasteiger partial charge in [-0.2, -0.15) is 0 Å². The molecule has 2 rings (SSSR count). The van der Waals surface area contributed by atoms with E-state index in [1.54, 1.807) is 18.2 Å². The maximum Gasteiger partial charge on any atom is 0.261 e. The van der Waals surface area contributed by atoms with Crippen LogP contribution in [0.15, 0.2) is 42.5 Å². The number of carbonyl (C=O) groups is 1. The maximum atomic E-state index is 12.4. The van der Waals surface area contributed by atoms with Gasteiger partial charge in [0.15, 0.2) is 6.10 Å². The number of hydrogen-bond acceptors (Lipinski definition) is 3. The van der Waals surface area contributed by atoms with E-state index in [0.29, 0.717) is 28.8 Å². The molecule has 1 amide bonds. The number of amides is 1. The van der Waals surface area contributed by atoms with E-state index < -0.39 is 6.10 Å². The lowest BCUT2D eigenvalue weighted by Gasteiger charge is -2.19. The first-order valence-corrected chi connectivity index (χ1v) is 8.82. The summed E-state index contributed by atoms with van der Waals surface area (Å²) in [7, 11) is 3.96. The van der Waals surface area contributed by atoms with Gasteiger partial charge >= 0.3 is 0 Å². The van der Waals surface area contributed by atoms with Crippen LogP contribution in [0.5, 0.6) is 5.75 Å². The van der Waals surface area contributed by atoms with Crippen LogP contribution in [0, 0.1) is 0 Å². The van der Waals surface area contributed by atoms with Crippen LogP contribution < -0.4 is 15.0 Å². The lowest BCUT2D eigenvalue weighted by molar-refractivity contribution is -0.128. The molecule has 0 heterocycles. The van der Waals surface area contributed by atoms with Gasteiger partial charge < -0.3 is 15.0 Å². The van der Waals surface area contributed by atoms with E-state index in [0.717, 1.165) is 11.3 Å². The van der Waals surface area contributed by atoms with Crippen LogP contribution in [0.25, 0.3) is 0 Å². The number of carbonyl (C=O) groups excluding carboxylic acids is 1. The largest absolute Gasteiger partial charge is 0.479 e. The molecule has 25 heavy (non-hydrogen) atoms. The van der Waals surface area contributed by atoms with Crippen LogP contribution >= 0.6 is 23.2 Å². The number of nitrogens with zero attached hydrogens (tertiary/aromatic N) is 1. The number of rotatable bonds is 7. The Morgan fingerprint density at radius 3 is 2.60 bits per heavy atom. The zero-order valence-electron chi connectivity index (χ0n) is 14.6. The van der Waals surface area contributed by atoms with Gasteiger partial charge in [-0.1, -0.05) is 42.3 Å². The van der Waals surface area contributed by atoms with Crippen molar-refractivity contribution in [3.05, 3.63) is 58.1 Å². The fraction of sp³-hybridized carbons (Fsp3) is 0.316. The molecule has 4 nitrogen and oxygen atoms in total. The predicted molar refractivity (Wildman–Crippen MR) is 104 cm³/mol. The van der Waals surface area contributed by atoms with Gasteiger partial charge in [-0.3, -0.25) is 4.79 Å². The Morgan fingerprint density at radius 2 is 1.96 bits per heavy atom. The Balaban J connectivity index is 1.99. The molecule has 0 bridgehead atoms. The van der Waals surface area contributed by atoms with Crippen LogP contribution in [-0.4, -0.2) is 26.1 Å². The molecule has 0 spiro atoms. The topological polar surface area (TPSA) is 41.6 Å². The smallest absolute Gasteiger partial charge is 0.261 e. The first-order valence-electron chi connectivity index (χ1n) is 8.06. The molecular formula is C19H22Cl2N2O2. The minimum absolute atomic E-state index is 0.177. The number of ether oxygens (including phenoxy) is 1. The number of hydrogen-bond donors (Lipinski definition) is 1. The predicted octanol–water partition coefficient (Wildman–Crippen LogP) is 4.53. The molecular weight excluding hydrogens is 359 g/mol. The Hall–Kier alpha value is -1.91. The average molecular weight is 381 g/mol. The molecule has 0 aliphatic carbocycles. The third-order valence-corrected chi connectivity index (χ3v) is 4.25. The molecule has 1 atom stereocenters. The Morgan fingerprint density at radius 1 is 1.20 bits per heavy atom. The van der Waals surface area contributed by atoms with E-state index in [4.69, 9.17) is 27.9 Å². The first kappa shape index (κ1) is 19.4. The van der Waals surface area contributed by atoms with Crippen molar-refractivity contribution in [2.24, 2.45) is 0 Å². The van der Waals surface area contributed by atoms with Crippen molar-refractivity contribution in [1.82, 2.24) is 5.32 Å². The van der Waals surface area contributed by atoms with Crippen molar-refractivity contribution in [3.8, 4) is 5.75 Å². The normalized spacial score (nSPS) is 11.7. The quantitative estimate of drug-likeness (QED) is 0.766. The molecule has 1 N–H and O–H groups in total. The molecule has 2 aromatic rings. The first-order chi connectivity index (χ1) is 11.9. The fourth-order valence-corrected chi connectivity index (χ4v) is 2.75. The van der Waals surface area contributed by atoms with Crippen LogP contribution in [0.3, 0.4) is 0 Å². The molecule has 0 radical (unpaired) electrons. The standard InChI is InChI=1S/C19H22Cl2N2O2/c1-4-17(25-18-9-8-14(20)11-16(18)21)19(24)22-12-13-6-5-7-15(10-13)23(2)3/h5-11,17H,4,12H2,1-3H3,(H,22,24). The van der Waals surface area contributed by atoms with E-state index in [9.17, 15) is 4.79 Å². The second-order valence-corrected chi connectivity index (χ2v) is 6.72. The summed E-state index contributed by atoms with van der Waals surface area (Å²) >= 11 is 12.0. The van der Waals surface area contributed by atoms with Gasteiger partial charge in [-0.05, 0) is 42.3 Å². The molecule has 0 aromatic heterocycles. The van der Waals surface area contributed by atoms with Gasteiger partial charge in [0, 0.05) is 31.4 Å². The maximum absolute atomic E-state index is 12.4. The molecule has 0 aliphatic rings. The fourth-order valence-electron chi connectivity index (χ4n) is 2.29. The van der Waals surface area contributed by atoms with E-state index in [2.05, 4.69) is 5.32 Å². The minimum Gasteiger partial charge on any atom is -0.479 e. The molecule has 0 aliphatic heterocycles. The molecule has 0 saturated carbocycles. The van der Waals surface area contributed by atoms with Gasteiger partial charge in [-0.25, -0.2) is 0 Å². The third-order valence-electron chi connectivity index (χ3n) is 3.72. The van der Waals surface area contributed by atoms with Crippen LogP contribution in [-0.2, 0) is 11.3 Å². The summed E-state index contributed by atoms with van der Waals surface area (Å²) < 4.78 is 5.75. The molecule has 6 heteroatoms. The van der Waals surface area contributed by atoms with Gasteiger partial charge in [0.2, 0.25) is 0 Å². The summed E-state index contributed by atoms with van der Waals surface area (Å²) in [5.41, 5.74) is 2.11. The van der Waals surface area contributed by atoms with Crippen LogP contribution in [0.2, 0.25) is 10.0 Å². The summed E-state index contributed by atoms with van der Waals surface area (Å²) in [5.74, 6) is 0.270. The van der Waals surface area contributed by atoms with Crippen LogP contribution in [0.1, 0.15) is 18.9 Å².